The molecule has 4 nitrogen and oxygen atoms in total. The number of rotatable bonds is 2. The molecule has 0 spiro atoms. The predicted molar refractivity (Wildman–Crippen MR) is 67.1 cm³/mol. The van der Waals surface area contributed by atoms with Gasteiger partial charge in [-0.1, -0.05) is 12.1 Å². The molecule has 0 aliphatic carbocycles. The molecule has 1 heterocycles. The normalized spacial score (nSPS) is 20.1. The zero-order chi connectivity index (χ0) is 12.3. The molecule has 4 heteroatoms. The summed E-state index contributed by atoms with van der Waals surface area (Å²) in [7, 11) is 0. The number of hydrogen-bond acceptors (Lipinski definition) is 3. The van der Waals surface area contributed by atoms with Crippen LogP contribution < -0.4 is 5.73 Å². The summed E-state index contributed by atoms with van der Waals surface area (Å²) in [6.07, 6.45) is 3.55. The van der Waals surface area contributed by atoms with Crippen molar-refractivity contribution in [1.29, 1.82) is 0 Å². The molecule has 1 amide bonds. The summed E-state index contributed by atoms with van der Waals surface area (Å²) in [5.74, 6) is -0.0658. The Morgan fingerprint density at radius 3 is 3.00 bits per heavy atom. The van der Waals surface area contributed by atoms with Crippen LogP contribution in [-0.2, 0) is 4.79 Å². The molecule has 1 unspecified atom stereocenters. The van der Waals surface area contributed by atoms with Crippen LogP contribution in [0.4, 0.5) is 5.69 Å². The Kier molecular flexibility index (Phi) is 3.44. The molecule has 1 aromatic carbocycles. The first kappa shape index (κ1) is 11.7. The molecule has 2 rings (SSSR count). The monoisotopic (exact) mass is 232 g/mol. The highest BCUT2D eigenvalue weighted by Crippen LogP contribution is 2.11. The van der Waals surface area contributed by atoms with Crippen LogP contribution in [0, 0.1) is 0 Å². The van der Waals surface area contributed by atoms with Gasteiger partial charge in [0.05, 0.1) is 6.10 Å². The minimum absolute atomic E-state index is 0.0658. The van der Waals surface area contributed by atoms with Crippen molar-refractivity contribution >= 4 is 17.7 Å². The van der Waals surface area contributed by atoms with E-state index >= 15 is 0 Å². The summed E-state index contributed by atoms with van der Waals surface area (Å²) in [5, 5.41) is 9.34. The lowest BCUT2D eigenvalue weighted by Gasteiger charge is -2.12. The number of nitrogens with two attached hydrogens (primary N) is 1. The summed E-state index contributed by atoms with van der Waals surface area (Å²) < 4.78 is 0. The van der Waals surface area contributed by atoms with Crippen molar-refractivity contribution in [1.82, 2.24) is 4.90 Å². The molecule has 1 saturated heterocycles. The molecule has 1 fully saturated rings. The number of carbonyl (C=O) groups is 1. The minimum Gasteiger partial charge on any atom is -0.399 e. The van der Waals surface area contributed by atoms with E-state index in [4.69, 9.17) is 5.73 Å². The van der Waals surface area contributed by atoms with Crippen molar-refractivity contribution in [2.45, 2.75) is 12.5 Å². The number of aliphatic hydroxyl groups is 1. The maximum Gasteiger partial charge on any atom is 0.246 e. The minimum atomic E-state index is -0.375. The van der Waals surface area contributed by atoms with Crippen LogP contribution in [-0.4, -0.2) is 35.1 Å². The first-order valence-electron chi connectivity index (χ1n) is 5.66. The first-order valence-corrected chi connectivity index (χ1v) is 5.66. The van der Waals surface area contributed by atoms with E-state index in [0.717, 1.165) is 5.56 Å². The molecule has 0 radical (unpaired) electrons. The molecular formula is C13H16N2O2. The second-order valence-electron chi connectivity index (χ2n) is 4.23. The molecule has 1 atom stereocenters. The predicted octanol–water partition coefficient (Wildman–Crippen LogP) is 0.875. The van der Waals surface area contributed by atoms with Crippen LogP contribution in [0.2, 0.25) is 0 Å². The van der Waals surface area contributed by atoms with Crippen LogP contribution in [0.5, 0.6) is 0 Å². The van der Waals surface area contributed by atoms with Gasteiger partial charge in [-0.2, -0.15) is 0 Å². The average Bonchev–Trinajstić information content (AvgIpc) is 2.73. The van der Waals surface area contributed by atoms with Gasteiger partial charge in [0.25, 0.3) is 0 Å². The van der Waals surface area contributed by atoms with E-state index in [1.807, 2.05) is 18.2 Å². The van der Waals surface area contributed by atoms with Crippen LogP contribution in [0.3, 0.4) is 0 Å². The number of nitrogen functional groups attached to an aromatic ring is 1. The van der Waals surface area contributed by atoms with Gasteiger partial charge < -0.3 is 15.7 Å². The van der Waals surface area contributed by atoms with Crippen LogP contribution >= 0.6 is 0 Å². The van der Waals surface area contributed by atoms with Crippen molar-refractivity contribution in [3.8, 4) is 0 Å². The van der Waals surface area contributed by atoms with E-state index in [9.17, 15) is 9.90 Å². The first-order chi connectivity index (χ1) is 8.15. The number of β-amino-alcohol motifs (C(OH)–C–C–N with tert-alkyl or cyclic N) is 1. The summed E-state index contributed by atoms with van der Waals surface area (Å²) >= 11 is 0. The number of anilines is 1. The van der Waals surface area contributed by atoms with Crippen molar-refractivity contribution < 1.29 is 9.90 Å². The molecule has 0 bridgehead atoms. The maximum absolute atomic E-state index is 11.7. The van der Waals surface area contributed by atoms with Crippen molar-refractivity contribution in [2.24, 2.45) is 0 Å². The highest BCUT2D eigenvalue weighted by molar-refractivity contribution is 5.92. The number of aliphatic hydroxyl groups excluding tert-OH is 1. The highest BCUT2D eigenvalue weighted by atomic mass is 16.3. The zero-order valence-corrected chi connectivity index (χ0v) is 9.54. The molecule has 1 aromatic rings. The molecule has 17 heavy (non-hydrogen) atoms. The summed E-state index contributed by atoms with van der Waals surface area (Å²) in [5.41, 5.74) is 7.22. The van der Waals surface area contributed by atoms with Crippen molar-refractivity contribution in [3.05, 3.63) is 35.9 Å². The molecule has 3 N–H and O–H groups in total. The molecule has 90 valence electrons. The number of amides is 1. The second kappa shape index (κ2) is 5.01. The largest absolute Gasteiger partial charge is 0.399 e. The van der Waals surface area contributed by atoms with E-state index in [-0.39, 0.29) is 12.0 Å². The van der Waals surface area contributed by atoms with Crippen LogP contribution in [0.15, 0.2) is 30.3 Å². The van der Waals surface area contributed by atoms with Gasteiger partial charge in [0.2, 0.25) is 5.91 Å². The Labute approximate surface area is 100 Å². The van der Waals surface area contributed by atoms with E-state index in [1.54, 1.807) is 17.0 Å². The third-order valence-corrected chi connectivity index (χ3v) is 2.80. The SMILES string of the molecule is Nc1cccc(/C=C/C(=O)N2CCC(O)C2)c1. The molecular weight excluding hydrogens is 216 g/mol. The van der Waals surface area contributed by atoms with E-state index in [0.29, 0.717) is 25.2 Å². The van der Waals surface area contributed by atoms with Gasteiger partial charge in [-0.25, -0.2) is 0 Å². The third kappa shape index (κ3) is 3.07. The van der Waals surface area contributed by atoms with E-state index < -0.39 is 0 Å². The fourth-order valence-corrected chi connectivity index (χ4v) is 1.88. The Bertz CT molecular complexity index is 443. The fraction of sp³-hybridized carbons (Fsp3) is 0.308. The van der Waals surface area contributed by atoms with Crippen LogP contribution in [0.25, 0.3) is 6.08 Å². The zero-order valence-electron chi connectivity index (χ0n) is 9.54. The highest BCUT2D eigenvalue weighted by Gasteiger charge is 2.22. The van der Waals surface area contributed by atoms with Gasteiger partial charge in [0.1, 0.15) is 0 Å². The molecule has 1 aliphatic heterocycles. The van der Waals surface area contributed by atoms with Crippen LogP contribution in [0.1, 0.15) is 12.0 Å². The summed E-state index contributed by atoms with van der Waals surface area (Å²) in [4.78, 5) is 13.4. The number of nitrogens with zero attached hydrogens (tertiary/aromatic N) is 1. The number of hydrogen-bond donors (Lipinski definition) is 2. The van der Waals surface area contributed by atoms with Gasteiger partial charge in [0, 0.05) is 24.9 Å². The van der Waals surface area contributed by atoms with Crippen molar-refractivity contribution in [2.75, 3.05) is 18.8 Å². The average molecular weight is 232 g/mol. The van der Waals surface area contributed by atoms with Crippen molar-refractivity contribution in [3.63, 3.8) is 0 Å². The van der Waals surface area contributed by atoms with Gasteiger partial charge in [-0.3, -0.25) is 4.79 Å². The van der Waals surface area contributed by atoms with E-state index in [2.05, 4.69) is 0 Å². The van der Waals surface area contributed by atoms with E-state index in [1.165, 1.54) is 6.08 Å². The lowest BCUT2D eigenvalue weighted by molar-refractivity contribution is -0.125. The topological polar surface area (TPSA) is 66.6 Å². The number of likely N-dealkylation sites (tertiary alicyclic amines) is 1. The Morgan fingerprint density at radius 1 is 1.53 bits per heavy atom. The smallest absolute Gasteiger partial charge is 0.246 e. The quantitative estimate of drug-likeness (QED) is 0.587. The summed E-state index contributed by atoms with van der Waals surface area (Å²) in [6, 6.07) is 7.34. The Balaban J connectivity index is 1.98. The Hall–Kier alpha value is -1.81. The lowest BCUT2D eigenvalue weighted by Crippen LogP contribution is -2.27. The molecule has 0 saturated carbocycles. The van der Waals surface area contributed by atoms with Gasteiger partial charge in [0.15, 0.2) is 0 Å². The molecule has 1 aliphatic rings. The van der Waals surface area contributed by atoms with Gasteiger partial charge >= 0.3 is 0 Å². The van der Waals surface area contributed by atoms with Gasteiger partial charge in [-0.05, 0) is 30.2 Å². The Morgan fingerprint density at radius 2 is 2.35 bits per heavy atom. The standard InChI is InChI=1S/C13H16N2O2/c14-11-3-1-2-10(8-11)4-5-13(17)15-7-6-12(16)9-15/h1-5,8,12,16H,6-7,9,14H2/b5-4+. The summed E-state index contributed by atoms with van der Waals surface area (Å²) in [6.45, 7) is 1.06. The second-order valence-corrected chi connectivity index (χ2v) is 4.23. The fourth-order valence-electron chi connectivity index (χ4n) is 1.88. The molecule has 0 aromatic heterocycles. The number of benzene rings is 1. The van der Waals surface area contributed by atoms with Gasteiger partial charge in [-0.15, -0.1) is 0 Å². The third-order valence-electron chi connectivity index (χ3n) is 2.80. The number of carbonyl (C=O) groups excluding carboxylic acids is 1. The lowest BCUT2D eigenvalue weighted by atomic mass is 10.2. The maximum atomic E-state index is 11.7.